The van der Waals surface area contributed by atoms with Crippen molar-refractivity contribution in [3.05, 3.63) is 59.0 Å². The van der Waals surface area contributed by atoms with E-state index in [9.17, 15) is 0 Å². The van der Waals surface area contributed by atoms with Crippen LogP contribution < -0.4 is 10.6 Å². The number of nitrogens with one attached hydrogen (secondary N) is 3. The number of nitrogens with zero attached hydrogens (tertiary/aromatic N) is 3. The van der Waals surface area contributed by atoms with Gasteiger partial charge in [-0.25, -0.2) is 9.97 Å². The number of rotatable bonds is 8. The van der Waals surface area contributed by atoms with Gasteiger partial charge in [0.25, 0.3) is 0 Å². The number of ether oxygens (including phenoxy) is 1. The molecule has 0 aliphatic carbocycles. The molecule has 0 atom stereocenters. The summed E-state index contributed by atoms with van der Waals surface area (Å²) in [6.45, 7) is 5.28. The Kier molecular flexibility index (Phi) is 6.17. The Morgan fingerprint density at radius 3 is 2.48 bits per heavy atom. The molecule has 7 heteroatoms. The molecule has 0 amide bonds. The molecule has 2 heterocycles. The molecule has 3 N–H and O–H groups in total. The maximum Gasteiger partial charge on any atom is 0.156 e. The molecule has 0 fully saturated rings. The second-order valence-corrected chi connectivity index (χ2v) is 6.22. The molecule has 3 aromatic rings. The molecule has 140 valence electrons. The molecule has 27 heavy (non-hydrogen) atoms. The highest BCUT2D eigenvalue weighted by molar-refractivity contribution is 5.68. The van der Waals surface area contributed by atoms with E-state index in [1.165, 1.54) is 5.56 Å². The second-order valence-electron chi connectivity index (χ2n) is 6.22. The van der Waals surface area contributed by atoms with Gasteiger partial charge in [-0.05, 0) is 25.5 Å². The minimum absolute atomic E-state index is 0.597. The Hall–Kier alpha value is -3.19. The van der Waals surface area contributed by atoms with Gasteiger partial charge in [0.1, 0.15) is 11.6 Å². The van der Waals surface area contributed by atoms with Crippen LogP contribution in [-0.2, 0) is 4.74 Å². The number of hydrogen-bond acceptors (Lipinski definition) is 6. The maximum atomic E-state index is 5.09. The van der Waals surface area contributed by atoms with Crippen LogP contribution >= 0.6 is 0 Å². The Morgan fingerprint density at radius 2 is 1.78 bits per heavy atom. The Balaban J connectivity index is 1.82. The van der Waals surface area contributed by atoms with E-state index in [1.54, 1.807) is 7.11 Å². The third-order valence-electron chi connectivity index (χ3n) is 3.82. The number of H-pyrrole nitrogens is 1. The van der Waals surface area contributed by atoms with Crippen LogP contribution in [-0.4, -0.2) is 40.4 Å². The van der Waals surface area contributed by atoms with Crippen molar-refractivity contribution in [1.82, 2.24) is 20.2 Å². The van der Waals surface area contributed by atoms with Crippen LogP contribution in [0.3, 0.4) is 0 Å². The molecular weight excluding hydrogens is 340 g/mol. The first-order valence-corrected chi connectivity index (χ1v) is 8.78. The standard InChI is InChI=1S/C20H24N6O/c1-14-4-6-16(7-5-14)8-9-17-22-18(21-10-11-27-3)13-19(23-17)24-20-12-15(2)25-26-20/h4-9,12-13H,10-11H2,1-3H3,(H3,21,22,23,24,25,26)/b9-8+. The molecule has 7 nitrogen and oxygen atoms in total. The highest BCUT2D eigenvalue weighted by atomic mass is 16.5. The van der Waals surface area contributed by atoms with Crippen LogP contribution in [0.25, 0.3) is 12.2 Å². The van der Waals surface area contributed by atoms with Crippen LogP contribution in [0, 0.1) is 13.8 Å². The number of aryl methyl sites for hydroxylation is 2. The summed E-state index contributed by atoms with van der Waals surface area (Å²) in [5.41, 5.74) is 3.30. The van der Waals surface area contributed by atoms with Crippen molar-refractivity contribution in [2.75, 3.05) is 30.9 Å². The third-order valence-corrected chi connectivity index (χ3v) is 3.82. The average molecular weight is 364 g/mol. The molecule has 2 aromatic heterocycles. The van der Waals surface area contributed by atoms with E-state index in [0.717, 1.165) is 17.1 Å². The van der Waals surface area contributed by atoms with Gasteiger partial charge >= 0.3 is 0 Å². The van der Waals surface area contributed by atoms with Gasteiger partial charge in [-0.3, -0.25) is 5.10 Å². The predicted octanol–water partition coefficient (Wildman–Crippen LogP) is 3.79. The van der Waals surface area contributed by atoms with Crippen molar-refractivity contribution in [3.8, 4) is 0 Å². The van der Waals surface area contributed by atoms with E-state index in [0.29, 0.717) is 30.6 Å². The fraction of sp³-hybridized carbons (Fsp3) is 0.250. The normalized spacial score (nSPS) is 11.1. The highest BCUT2D eigenvalue weighted by Gasteiger charge is 2.05. The minimum Gasteiger partial charge on any atom is -0.383 e. The zero-order valence-corrected chi connectivity index (χ0v) is 15.8. The van der Waals surface area contributed by atoms with Crippen LogP contribution in [0.1, 0.15) is 22.6 Å². The van der Waals surface area contributed by atoms with Crippen molar-refractivity contribution >= 4 is 29.6 Å². The van der Waals surface area contributed by atoms with Crippen LogP contribution in [0.4, 0.5) is 17.5 Å². The number of anilines is 3. The fourth-order valence-electron chi connectivity index (χ4n) is 2.44. The van der Waals surface area contributed by atoms with E-state index in [2.05, 4.69) is 62.0 Å². The molecule has 0 bridgehead atoms. The summed E-state index contributed by atoms with van der Waals surface area (Å²) in [6.07, 6.45) is 3.89. The molecule has 0 unspecified atom stereocenters. The molecule has 0 spiro atoms. The predicted molar refractivity (Wildman–Crippen MR) is 109 cm³/mol. The summed E-state index contributed by atoms with van der Waals surface area (Å²) in [7, 11) is 1.67. The van der Waals surface area contributed by atoms with Crippen molar-refractivity contribution in [2.45, 2.75) is 13.8 Å². The SMILES string of the molecule is COCCNc1cc(Nc2cc(C)[nH]n2)nc(/C=C/c2ccc(C)cc2)n1. The van der Waals surface area contributed by atoms with Crippen molar-refractivity contribution in [2.24, 2.45) is 0 Å². The molecule has 1 aromatic carbocycles. The zero-order chi connectivity index (χ0) is 19.1. The van der Waals surface area contributed by atoms with E-state index < -0.39 is 0 Å². The third kappa shape index (κ3) is 5.65. The van der Waals surface area contributed by atoms with Gasteiger partial charge in [-0.15, -0.1) is 0 Å². The Bertz CT molecular complexity index is 901. The lowest BCUT2D eigenvalue weighted by Gasteiger charge is -2.09. The van der Waals surface area contributed by atoms with Gasteiger partial charge in [0.05, 0.1) is 6.61 Å². The molecule has 3 rings (SSSR count). The molecule has 0 saturated heterocycles. The van der Waals surface area contributed by atoms with E-state index >= 15 is 0 Å². The maximum absolute atomic E-state index is 5.09. The van der Waals surface area contributed by atoms with Gasteiger partial charge in [0.15, 0.2) is 11.6 Å². The quantitative estimate of drug-likeness (QED) is 0.527. The second kappa shape index (κ2) is 8.95. The Labute approximate surface area is 158 Å². The van der Waals surface area contributed by atoms with Gasteiger partial charge in [0.2, 0.25) is 0 Å². The summed E-state index contributed by atoms with van der Waals surface area (Å²) in [5, 5.41) is 13.5. The molecule has 0 saturated carbocycles. The van der Waals surface area contributed by atoms with Gasteiger partial charge in [-0.2, -0.15) is 5.10 Å². The van der Waals surface area contributed by atoms with Crippen molar-refractivity contribution < 1.29 is 4.74 Å². The number of aromatic nitrogens is 4. The van der Waals surface area contributed by atoms with Crippen LogP contribution in [0.2, 0.25) is 0 Å². The van der Waals surface area contributed by atoms with Gasteiger partial charge < -0.3 is 15.4 Å². The molecule has 0 aliphatic heterocycles. The average Bonchev–Trinajstić information content (AvgIpc) is 3.06. The lowest BCUT2D eigenvalue weighted by Crippen LogP contribution is -2.10. The molecule has 0 radical (unpaired) electrons. The number of benzene rings is 1. The number of aromatic amines is 1. The Morgan fingerprint density at radius 1 is 1.00 bits per heavy atom. The van der Waals surface area contributed by atoms with Crippen LogP contribution in [0.5, 0.6) is 0 Å². The van der Waals surface area contributed by atoms with Gasteiger partial charge in [0, 0.05) is 31.5 Å². The van der Waals surface area contributed by atoms with E-state index in [-0.39, 0.29) is 0 Å². The summed E-state index contributed by atoms with van der Waals surface area (Å²) in [4.78, 5) is 9.12. The van der Waals surface area contributed by atoms with Gasteiger partial charge in [-0.1, -0.05) is 35.9 Å². The topological polar surface area (TPSA) is 87.8 Å². The summed E-state index contributed by atoms with van der Waals surface area (Å²) < 4.78 is 5.09. The number of methoxy groups -OCH3 is 1. The largest absolute Gasteiger partial charge is 0.383 e. The monoisotopic (exact) mass is 364 g/mol. The minimum atomic E-state index is 0.597. The smallest absolute Gasteiger partial charge is 0.156 e. The van der Waals surface area contributed by atoms with E-state index in [1.807, 2.05) is 31.2 Å². The highest BCUT2D eigenvalue weighted by Crippen LogP contribution is 2.18. The summed E-state index contributed by atoms with van der Waals surface area (Å²) in [6, 6.07) is 12.1. The lowest BCUT2D eigenvalue weighted by molar-refractivity contribution is 0.210. The summed E-state index contributed by atoms with van der Waals surface area (Å²) in [5.74, 6) is 2.70. The molecule has 0 aliphatic rings. The first-order valence-electron chi connectivity index (χ1n) is 8.78. The van der Waals surface area contributed by atoms with Crippen molar-refractivity contribution in [1.29, 1.82) is 0 Å². The fourth-order valence-corrected chi connectivity index (χ4v) is 2.44. The zero-order valence-electron chi connectivity index (χ0n) is 15.8. The van der Waals surface area contributed by atoms with E-state index in [4.69, 9.17) is 4.74 Å². The first kappa shape index (κ1) is 18.6. The summed E-state index contributed by atoms with van der Waals surface area (Å²) >= 11 is 0. The lowest BCUT2D eigenvalue weighted by atomic mass is 10.1. The molecular formula is C20H24N6O. The van der Waals surface area contributed by atoms with Crippen LogP contribution in [0.15, 0.2) is 36.4 Å². The first-order chi connectivity index (χ1) is 13.1. The van der Waals surface area contributed by atoms with Crippen molar-refractivity contribution in [3.63, 3.8) is 0 Å². The number of hydrogen-bond donors (Lipinski definition) is 3.